The molecule has 0 spiro atoms. The number of likely N-dealkylation sites (tertiary alicyclic amines) is 1. The molecule has 0 unspecified atom stereocenters. The Hall–Kier alpha value is -1.27. The lowest BCUT2D eigenvalue weighted by molar-refractivity contribution is -0.190. The predicted molar refractivity (Wildman–Crippen MR) is 50.1 cm³/mol. The van der Waals surface area contributed by atoms with Gasteiger partial charge in [-0.2, -0.15) is 13.2 Å². The van der Waals surface area contributed by atoms with Crippen LogP contribution in [0.4, 0.5) is 13.2 Å². The van der Waals surface area contributed by atoms with Gasteiger partial charge in [0.1, 0.15) is 6.04 Å². The topological polar surface area (TPSA) is 57.6 Å². The lowest BCUT2D eigenvalue weighted by Crippen LogP contribution is -2.50. The van der Waals surface area contributed by atoms with Gasteiger partial charge in [-0.1, -0.05) is 6.42 Å². The molecule has 2 rings (SSSR count). The number of halogens is 3. The molecule has 1 amide bonds. The second-order valence-electron chi connectivity index (χ2n) is 4.56. The van der Waals surface area contributed by atoms with Crippen LogP contribution < -0.4 is 0 Å². The summed E-state index contributed by atoms with van der Waals surface area (Å²) in [6.45, 7) is 0. The number of alkyl halides is 3. The number of aliphatic carboxylic acids is 1. The van der Waals surface area contributed by atoms with Crippen LogP contribution in [0.15, 0.2) is 0 Å². The highest BCUT2D eigenvalue weighted by molar-refractivity contribution is 5.88. The number of fused-ring (bicyclic) bond motifs is 1. The zero-order valence-electron chi connectivity index (χ0n) is 8.91. The molecule has 0 aromatic rings. The van der Waals surface area contributed by atoms with E-state index in [0.717, 1.165) is 6.42 Å². The van der Waals surface area contributed by atoms with E-state index >= 15 is 0 Å². The third kappa shape index (κ3) is 1.98. The first-order chi connectivity index (χ1) is 7.82. The molecule has 0 radical (unpaired) electrons. The maximum atomic E-state index is 12.4. The van der Waals surface area contributed by atoms with Crippen molar-refractivity contribution in [1.82, 2.24) is 4.90 Å². The van der Waals surface area contributed by atoms with E-state index in [-0.39, 0.29) is 12.3 Å². The van der Waals surface area contributed by atoms with Crippen LogP contribution >= 0.6 is 0 Å². The van der Waals surface area contributed by atoms with E-state index in [1.165, 1.54) is 0 Å². The molecule has 4 nitrogen and oxygen atoms in total. The molecule has 1 aliphatic carbocycles. The van der Waals surface area contributed by atoms with E-state index in [1.54, 1.807) is 0 Å². The highest BCUT2D eigenvalue weighted by atomic mass is 19.4. The highest BCUT2D eigenvalue weighted by Crippen LogP contribution is 2.42. The minimum atomic E-state index is -4.99. The van der Waals surface area contributed by atoms with Crippen molar-refractivity contribution in [2.24, 2.45) is 5.92 Å². The molecule has 2 fully saturated rings. The normalized spacial score (nSPS) is 32.6. The van der Waals surface area contributed by atoms with Gasteiger partial charge in [0.2, 0.25) is 0 Å². The average molecular weight is 251 g/mol. The third-order valence-corrected chi connectivity index (χ3v) is 3.60. The fourth-order valence-electron chi connectivity index (χ4n) is 2.95. The third-order valence-electron chi connectivity index (χ3n) is 3.60. The number of hydrogen-bond acceptors (Lipinski definition) is 2. The fraction of sp³-hybridized carbons (Fsp3) is 0.800. The molecule has 1 heterocycles. The van der Waals surface area contributed by atoms with Gasteiger partial charge in [0, 0.05) is 6.04 Å². The van der Waals surface area contributed by atoms with Crippen molar-refractivity contribution in [3.05, 3.63) is 0 Å². The Balaban J connectivity index is 2.27. The Morgan fingerprint density at radius 2 is 1.88 bits per heavy atom. The average Bonchev–Trinajstić information content (AvgIpc) is 2.72. The zero-order chi connectivity index (χ0) is 12.8. The minimum absolute atomic E-state index is 0.0950. The van der Waals surface area contributed by atoms with E-state index in [1.807, 2.05) is 0 Å². The summed E-state index contributed by atoms with van der Waals surface area (Å²) >= 11 is 0. The van der Waals surface area contributed by atoms with E-state index in [4.69, 9.17) is 5.11 Å². The number of amides is 1. The summed E-state index contributed by atoms with van der Waals surface area (Å²) in [5, 5.41) is 8.89. The van der Waals surface area contributed by atoms with Gasteiger partial charge in [-0.25, -0.2) is 4.79 Å². The highest BCUT2D eigenvalue weighted by Gasteiger charge is 2.55. The molecular weight excluding hydrogens is 239 g/mol. The Kier molecular flexibility index (Phi) is 2.79. The van der Waals surface area contributed by atoms with Gasteiger partial charge >= 0.3 is 18.1 Å². The number of carbonyl (C=O) groups is 2. The summed E-state index contributed by atoms with van der Waals surface area (Å²) in [4.78, 5) is 22.7. The Morgan fingerprint density at radius 3 is 2.41 bits per heavy atom. The van der Waals surface area contributed by atoms with Gasteiger partial charge in [-0.05, 0) is 25.2 Å². The summed E-state index contributed by atoms with van der Waals surface area (Å²) in [6.07, 6.45) is -2.93. The number of hydrogen-bond donors (Lipinski definition) is 1. The van der Waals surface area contributed by atoms with Crippen LogP contribution in [0.5, 0.6) is 0 Å². The lowest BCUT2D eigenvalue weighted by atomic mass is 10.0. The van der Waals surface area contributed by atoms with Crippen molar-refractivity contribution >= 4 is 11.9 Å². The van der Waals surface area contributed by atoms with Gasteiger partial charge in [0.05, 0.1) is 0 Å². The van der Waals surface area contributed by atoms with Crippen LogP contribution in [0, 0.1) is 5.92 Å². The zero-order valence-corrected chi connectivity index (χ0v) is 8.91. The first kappa shape index (κ1) is 12.2. The summed E-state index contributed by atoms with van der Waals surface area (Å²) in [5.74, 6) is -3.46. The van der Waals surface area contributed by atoms with Crippen molar-refractivity contribution < 1.29 is 27.9 Å². The fourth-order valence-corrected chi connectivity index (χ4v) is 2.95. The van der Waals surface area contributed by atoms with Crippen molar-refractivity contribution in [2.75, 3.05) is 0 Å². The second-order valence-corrected chi connectivity index (χ2v) is 4.56. The van der Waals surface area contributed by atoms with Crippen LogP contribution in [-0.4, -0.2) is 40.1 Å². The van der Waals surface area contributed by atoms with Crippen LogP contribution in [0.3, 0.4) is 0 Å². The first-order valence-corrected chi connectivity index (χ1v) is 5.44. The maximum Gasteiger partial charge on any atom is 0.471 e. The lowest BCUT2D eigenvalue weighted by Gasteiger charge is -2.28. The van der Waals surface area contributed by atoms with E-state index < -0.39 is 30.1 Å². The molecule has 96 valence electrons. The molecule has 0 aromatic carbocycles. The van der Waals surface area contributed by atoms with Crippen LogP contribution in [-0.2, 0) is 9.59 Å². The van der Waals surface area contributed by atoms with Gasteiger partial charge in [-0.3, -0.25) is 4.79 Å². The van der Waals surface area contributed by atoms with Crippen molar-refractivity contribution in [1.29, 1.82) is 0 Å². The number of carbonyl (C=O) groups excluding carboxylic acids is 1. The standard InChI is InChI=1S/C10H12F3NO3/c11-10(12,13)9(17)14-6-3-1-2-5(6)4-7(14)8(15)16/h5-7H,1-4H2,(H,15,16)/t5-,6-,7-/m0/s1. The summed E-state index contributed by atoms with van der Waals surface area (Å²) in [6, 6.07) is -1.87. The quantitative estimate of drug-likeness (QED) is 0.766. The molecule has 7 heteroatoms. The Morgan fingerprint density at radius 1 is 1.24 bits per heavy atom. The molecule has 1 saturated heterocycles. The first-order valence-electron chi connectivity index (χ1n) is 5.44. The van der Waals surface area contributed by atoms with E-state index in [2.05, 4.69) is 0 Å². The van der Waals surface area contributed by atoms with Crippen LogP contribution in [0.25, 0.3) is 0 Å². The van der Waals surface area contributed by atoms with Crippen LogP contribution in [0.1, 0.15) is 25.7 Å². The van der Waals surface area contributed by atoms with E-state index in [0.29, 0.717) is 17.7 Å². The van der Waals surface area contributed by atoms with Gasteiger partial charge < -0.3 is 10.0 Å². The number of carboxylic acid groups (broad SMARTS) is 1. The number of nitrogens with zero attached hydrogens (tertiary/aromatic N) is 1. The SMILES string of the molecule is O=C(O)[C@@H]1C[C@@H]2CCC[C@@H]2N1C(=O)C(F)(F)F. The molecule has 0 bridgehead atoms. The molecule has 17 heavy (non-hydrogen) atoms. The van der Waals surface area contributed by atoms with Crippen LogP contribution in [0.2, 0.25) is 0 Å². The monoisotopic (exact) mass is 251 g/mol. The predicted octanol–water partition coefficient (Wildman–Crippen LogP) is 1.40. The molecule has 1 aliphatic heterocycles. The smallest absolute Gasteiger partial charge is 0.471 e. The van der Waals surface area contributed by atoms with Gasteiger partial charge in [0.25, 0.3) is 0 Å². The number of rotatable bonds is 1. The Bertz CT molecular complexity index is 355. The largest absolute Gasteiger partial charge is 0.480 e. The maximum absolute atomic E-state index is 12.4. The molecule has 1 N–H and O–H groups in total. The molecule has 2 aliphatic rings. The summed E-state index contributed by atoms with van der Waals surface area (Å²) < 4.78 is 37.2. The number of carboxylic acids is 1. The molecule has 3 atom stereocenters. The molecule has 1 saturated carbocycles. The van der Waals surface area contributed by atoms with Crippen molar-refractivity contribution in [3.63, 3.8) is 0 Å². The van der Waals surface area contributed by atoms with Crippen molar-refractivity contribution in [3.8, 4) is 0 Å². The molecular formula is C10H12F3NO3. The molecule has 0 aromatic heterocycles. The van der Waals surface area contributed by atoms with E-state index in [9.17, 15) is 22.8 Å². The summed E-state index contributed by atoms with van der Waals surface area (Å²) in [7, 11) is 0. The second kappa shape index (κ2) is 3.89. The summed E-state index contributed by atoms with van der Waals surface area (Å²) in [5.41, 5.74) is 0. The van der Waals surface area contributed by atoms with Gasteiger partial charge in [0.15, 0.2) is 0 Å². The van der Waals surface area contributed by atoms with Crippen molar-refractivity contribution in [2.45, 2.75) is 43.9 Å². The minimum Gasteiger partial charge on any atom is -0.480 e. The Labute approximate surface area is 95.4 Å². The van der Waals surface area contributed by atoms with Gasteiger partial charge in [-0.15, -0.1) is 0 Å².